The molecule has 1 atom stereocenters. The Morgan fingerprint density at radius 3 is 2.59 bits per heavy atom. The van der Waals surface area contributed by atoms with Crippen LogP contribution in [0.4, 0.5) is 14.5 Å². The highest BCUT2D eigenvalue weighted by Gasteiger charge is 2.27. The predicted octanol–water partition coefficient (Wildman–Crippen LogP) is 2.63. The van der Waals surface area contributed by atoms with E-state index in [4.69, 9.17) is 5.73 Å². The van der Waals surface area contributed by atoms with Gasteiger partial charge in [0, 0.05) is 38.3 Å². The molecule has 2 aromatic rings. The number of nitrogens with two attached hydrogens (primary N) is 1. The molecule has 29 heavy (non-hydrogen) atoms. The summed E-state index contributed by atoms with van der Waals surface area (Å²) in [6, 6.07) is 10.9. The summed E-state index contributed by atoms with van der Waals surface area (Å²) < 4.78 is 28.0. The Bertz CT molecular complexity index is 873. The van der Waals surface area contributed by atoms with E-state index in [9.17, 15) is 13.6 Å². The smallest absolute Gasteiger partial charge is 0.248 e. The minimum absolute atomic E-state index is 0. The van der Waals surface area contributed by atoms with Crippen LogP contribution in [0.25, 0.3) is 0 Å². The number of halogens is 3. The molecule has 1 unspecified atom stereocenters. The summed E-state index contributed by atoms with van der Waals surface area (Å²) >= 11 is 0. The van der Waals surface area contributed by atoms with Crippen molar-refractivity contribution in [2.24, 2.45) is 10.7 Å². The number of primary amides is 1. The lowest BCUT2D eigenvalue weighted by atomic mass is 10.1. The number of nitrogens with zero attached hydrogens (tertiary/aromatic N) is 2. The van der Waals surface area contributed by atoms with Crippen molar-refractivity contribution in [2.45, 2.75) is 19.0 Å². The van der Waals surface area contributed by atoms with Crippen molar-refractivity contribution in [1.29, 1.82) is 0 Å². The molecule has 156 valence electrons. The summed E-state index contributed by atoms with van der Waals surface area (Å²) in [4.78, 5) is 17.2. The Labute approximate surface area is 185 Å². The third-order valence-electron chi connectivity index (χ3n) is 4.68. The number of rotatable bonds is 5. The van der Waals surface area contributed by atoms with Gasteiger partial charge in [0.05, 0.1) is 0 Å². The molecule has 6 nitrogen and oxygen atoms in total. The van der Waals surface area contributed by atoms with Crippen LogP contribution in [0, 0.1) is 11.6 Å². The Balaban J connectivity index is 0.00000300. The van der Waals surface area contributed by atoms with Crippen LogP contribution in [0.1, 0.15) is 22.3 Å². The maximum Gasteiger partial charge on any atom is 0.248 e. The highest BCUT2D eigenvalue weighted by Crippen LogP contribution is 2.26. The number of carbonyl (C=O) groups is 1. The SMILES string of the molecule is CN=C(NCc1cccc(C(N)=O)c1)NC1CCN(c2c(F)cccc2F)C1.I. The van der Waals surface area contributed by atoms with E-state index >= 15 is 0 Å². The molecule has 2 aromatic carbocycles. The fraction of sp³-hybridized carbons (Fsp3) is 0.300. The molecule has 0 radical (unpaired) electrons. The van der Waals surface area contributed by atoms with Gasteiger partial charge in [0.2, 0.25) is 5.91 Å². The van der Waals surface area contributed by atoms with Crippen molar-refractivity contribution in [1.82, 2.24) is 10.6 Å². The number of benzene rings is 2. The third-order valence-corrected chi connectivity index (χ3v) is 4.68. The summed E-state index contributed by atoms with van der Waals surface area (Å²) in [6.45, 7) is 1.47. The van der Waals surface area contributed by atoms with Crippen LogP contribution >= 0.6 is 24.0 Å². The molecule has 1 saturated heterocycles. The van der Waals surface area contributed by atoms with Gasteiger partial charge in [0.15, 0.2) is 5.96 Å². The van der Waals surface area contributed by atoms with Gasteiger partial charge < -0.3 is 21.3 Å². The topological polar surface area (TPSA) is 82.7 Å². The van der Waals surface area contributed by atoms with Crippen molar-refractivity contribution in [3.8, 4) is 0 Å². The van der Waals surface area contributed by atoms with Crippen molar-refractivity contribution >= 4 is 41.5 Å². The molecule has 1 aliphatic rings. The zero-order valence-electron chi connectivity index (χ0n) is 16.0. The lowest BCUT2D eigenvalue weighted by molar-refractivity contribution is 0.1000. The van der Waals surface area contributed by atoms with E-state index in [0.29, 0.717) is 31.2 Å². The van der Waals surface area contributed by atoms with Crippen LogP contribution in [-0.4, -0.2) is 38.0 Å². The molecule has 3 rings (SSSR count). The van der Waals surface area contributed by atoms with Crippen molar-refractivity contribution in [3.63, 3.8) is 0 Å². The first-order valence-corrected chi connectivity index (χ1v) is 9.03. The van der Waals surface area contributed by atoms with Gasteiger partial charge >= 0.3 is 0 Å². The maximum absolute atomic E-state index is 14.0. The first-order chi connectivity index (χ1) is 13.5. The molecule has 0 saturated carbocycles. The summed E-state index contributed by atoms with van der Waals surface area (Å²) in [5.74, 6) is -1.02. The maximum atomic E-state index is 14.0. The van der Waals surface area contributed by atoms with Gasteiger partial charge in [0.1, 0.15) is 17.3 Å². The molecule has 0 aromatic heterocycles. The number of hydrogen-bond acceptors (Lipinski definition) is 3. The summed E-state index contributed by atoms with van der Waals surface area (Å²) in [5, 5.41) is 6.45. The van der Waals surface area contributed by atoms with E-state index < -0.39 is 17.5 Å². The number of aliphatic imine (C=N–C) groups is 1. The van der Waals surface area contributed by atoms with Gasteiger partial charge in [-0.05, 0) is 36.2 Å². The van der Waals surface area contributed by atoms with Gasteiger partial charge in [0.25, 0.3) is 0 Å². The number of guanidine groups is 1. The van der Waals surface area contributed by atoms with E-state index in [1.807, 2.05) is 6.07 Å². The van der Waals surface area contributed by atoms with E-state index in [1.54, 1.807) is 30.1 Å². The second-order valence-electron chi connectivity index (χ2n) is 6.64. The first-order valence-electron chi connectivity index (χ1n) is 9.03. The molecule has 0 spiro atoms. The Morgan fingerprint density at radius 1 is 1.24 bits per heavy atom. The van der Waals surface area contributed by atoms with E-state index in [2.05, 4.69) is 15.6 Å². The molecule has 1 fully saturated rings. The number of carbonyl (C=O) groups excluding carboxylic acids is 1. The van der Waals surface area contributed by atoms with Gasteiger partial charge in [-0.2, -0.15) is 0 Å². The van der Waals surface area contributed by atoms with E-state index in [-0.39, 0.29) is 35.7 Å². The number of para-hydroxylation sites is 1. The van der Waals surface area contributed by atoms with Crippen molar-refractivity contribution < 1.29 is 13.6 Å². The van der Waals surface area contributed by atoms with Gasteiger partial charge in [-0.15, -0.1) is 24.0 Å². The van der Waals surface area contributed by atoms with E-state index in [0.717, 1.165) is 12.0 Å². The molecular weight excluding hydrogens is 491 g/mol. The molecule has 0 bridgehead atoms. The normalized spacial score (nSPS) is 16.3. The van der Waals surface area contributed by atoms with Gasteiger partial charge in [-0.25, -0.2) is 8.78 Å². The summed E-state index contributed by atoms with van der Waals surface area (Å²) in [5.41, 5.74) is 6.65. The van der Waals surface area contributed by atoms with Crippen LogP contribution < -0.4 is 21.3 Å². The highest BCUT2D eigenvalue weighted by molar-refractivity contribution is 14.0. The fourth-order valence-corrected chi connectivity index (χ4v) is 3.28. The first kappa shape index (κ1) is 22.9. The molecule has 9 heteroatoms. The van der Waals surface area contributed by atoms with Crippen molar-refractivity contribution in [2.75, 3.05) is 25.0 Å². The zero-order chi connectivity index (χ0) is 20.1. The monoisotopic (exact) mass is 515 g/mol. The molecule has 1 heterocycles. The zero-order valence-corrected chi connectivity index (χ0v) is 18.3. The molecular formula is C20H24F2IN5O. The average molecular weight is 515 g/mol. The van der Waals surface area contributed by atoms with Crippen LogP contribution in [0.3, 0.4) is 0 Å². The van der Waals surface area contributed by atoms with Crippen LogP contribution in [0.5, 0.6) is 0 Å². The minimum atomic E-state index is -0.558. The highest BCUT2D eigenvalue weighted by atomic mass is 127. The second kappa shape index (κ2) is 10.4. The molecule has 1 aliphatic heterocycles. The largest absolute Gasteiger partial charge is 0.366 e. The molecule has 0 aliphatic carbocycles. The number of nitrogens with one attached hydrogen (secondary N) is 2. The Hall–Kier alpha value is -2.43. The number of anilines is 1. The van der Waals surface area contributed by atoms with Gasteiger partial charge in [-0.1, -0.05) is 18.2 Å². The van der Waals surface area contributed by atoms with Crippen LogP contribution in [0.15, 0.2) is 47.5 Å². The van der Waals surface area contributed by atoms with Crippen molar-refractivity contribution in [3.05, 3.63) is 65.2 Å². The average Bonchev–Trinajstić information content (AvgIpc) is 3.13. The third kappa shape index (κ3) is 5.78. The van der Waals surface area contributed by atoms with Crippen LogP contribution in [0.2, 0.25) is 0 Å². The second-order valence-corrected chi connectivity index (χ2v) is 6.64. The number of hydrogen-bond donors (Lipinski definition) is 3. The Morgan fingerprint density at radius 2 is 1.93 bits per heavy atom. The standard InChI is InChI=1S/C20H23F2N5O.HI/c1-24-20(25-11-13-4-2-5-14(10-13)19(23)28)26-15-8-9-27(12-15)18-16(21)6-3-7-17(18)22;/h2-7,10,15H,8-9,11-12H2,1H3,(H2,23,28)(H2,24,25,26);1H. The number of amides is 1. The quantitative estimate of drug-likeness (QED) is 0.325. The minimum Gasteiger partial charge on any atom is -0.366 e. The lowest BCUT2D eigenvalue weighted by Crippen LogP contribution is -2.44. The van der Waals surface area contributed by atoms with Crippen LogP contribution in [-0.2, 0) is 6.54 Å². The molecule has 1 amide bonds. The lowest BCUT2D eigenvalue weighted by Gasteiger charge is -2.21. The summed E-state index contributed by atoms with van der Waals surface area (Å²) in [7, 11) is 1.65. The Kier molecular flexibility index (Phi) is 8.18. The van der Waals surface area contributed by atoms with Gasteiger partial charge in [-0.3, -0.25) is 9.79 Å². The fourth-order valence-electron chi connectivity index (χ4n) is 3.28. The van der Waals surface area contributed by atoms with E-state index in [1.165, 1.54) is 18.2 Å². The molecule has 4 N–H and O–H groups in total. The summed E-state index contributed by atoms with van der Waals surface area (Å²) in [6.07, 6.45) is 0.728. The predicted molar refractivity (Wildman–Crippen MR) is 121 cm³/mol.